The molecule has 5 nitrogen and oxygen atoms in total. The van der Waals surface area contributed by atoms with Gasteiger partial charge in [0.2, 0.25) is 0 Å². The van der Waals surface area contributed by atoms with Crippen LogP contribution in [-0.2, 0) is 10.1 Å². The molecule has 11 heavy (non-hydrogen) atoms. The van der Waals surface area contributed by atoms with Gasteiger partial charge in [-0.15, -0.1) is 0 Å². The SMILES string of the molecule is CCCS(=O)(=O)O.CNC.N. The van der Waals surface area contributed by atoms with Gasteiger partial charge in [0.05, 0.1) is 5.75 Å². The Bertz CT molecular complexity index is 144. The third-order valence-electron chi connectivity index (χ3n) is 0.462. The quantitative estimate of drug-likeness (QED) is 0.538. The van der Waals surface area contributed by atoms with E-state index in [0.29, 0.717) is 6.42 Å². The second-order valence-electron chi connectivity index (χ2n) is 1.79. The van der Waals surface area contributed by atoms with Gasteiger partial charge in [0.25, 0.3) is 10.1 Å². The molecule has 0 rings (SSSR count). The lowest BCUT2D eigenvalue weighted by atomic mass is 10.6. The van der Waals surface area contributed by atoms with Gasteiger partial charge in [0.1, 0.15) is 0 Å². The van der Waals surface area contributed by atoms with Crippen LogP contribution in [0.2, 0.25) is 0 Å². The van der Waals surface area contributed by atoms with Gasteiger partial charge in [-0.2, -0.15) is 8.42 Å². The van der Waals surface area contributed by atoms with Crippen LogP contribution >= 0.6 is 0 Å². The maximum absolute atomic E-state index is 9.79. The van der Waals surface area contributed by atoms with E-state index in [0.717, 1.165) is 0 Å². The molecule has 0 aliphatic heterocycles. The Morgan fingerprint density at radius 2 is 1.64 bits per heavy atom. The van der Waals surface area contributed by atoms with Crippen molar-refractivity contribution >= 4 is 10.1 Å². The summed E-state index contributed by atoms with van der Waals surface area (Å²) in [4.78, 5) is 0. The average molecular weight is 186 g/mol. The first-order chi connectivity index (χ1) is 4.47. The highest BCUT2D eigenvalue weighted by Gasteiger charge is 1.98. The monoisotopic (exact) mass is 186 g/mol. The van der Waals surface area contributed by atoms with Crippen LogP contribution in [0.4, 0.5) is 0 Å². The van der Waals surface area contributed by atoms with Crippen LogP contribution in [-0.4, -0.2) is 32.8 Å². The molecule has 0 aliphatic rings. The van der Waals surface area contributed by atoms with Crippen molar-refractivity contribution in [3.63, 3.8) is 0 Å². The molecule has 0 amide bonds. The van der Waals surface area contributed by atoms with Crippen LogP contribution in [0.25, 0.3) is 0 Å². The van der Waals surface area contributed by atoms with Gasteiger partial charge in [-0.1, -0.05) is 6.92 Å². The van der Waals surface area contributed by atoms with Gasteiger partial charge in [0, 0.05) is 0 Å². The van der Waals surface area contributed by atoms with Crippen molar-refractivity contribution in [2.45, 2.75) is 13.3 Å². The van der Waals surface area contributed by atoms with Crippen molar-refractivity contribution in [1.29, 1.82) is 0 Å². The van der Waals surface area contributed by atoms with Crippen LogP contribution in [0.5, 0.6) is 0 Å². The Kier molecular flexibility index (Phi) is 15.3. The zero-order valence-corrected chi connectivity index (χ0v) is 8.11. The van der Waals surface area contributed by atoms with E-state index in [-0.39, 0.29) is 11.9 Å². The third-order valence-corrected chi connectivity index (χ3v) is 1.39. The largest absolute Gasteiger partial charge is 0.344 e. The summed E-state index contributed by atoms with van der Waals surface area (Å²) in [6.07, 6.45) is 0.471. The normalized spacial score (nSPS) is 9.09. The van der Waals surface area contributed by atoms with Gasteiger partial charge in [-0.25, -0.2) is 0 Å². The minimum Gasteiger partial charge on any atom is -0.344 e. The second-order valence-corrected chi connectivity index (χ2v) is 3.36. The summed E-state index contributed by atoms with van der Waals surface area (Å²) in [7, 11) is 0.0758. The fourth-order valence-electron chi connectivity index (χ4n) is 0.258. The molecule has 0 spiro atoms. The maximum atomic E-state index is 9.79. The van der Waals surface area contributed by atoms with E-state index < -0.39 is 10.1 Å². The summed E-state index contributed by atoms with van der Waals surface area (Å²) in [6, 6.07) is 0. The van der Waals surface area contributed by atoms with E-state index in [1.54, 1.807) is 6.92 Å². The Labute approximate surface area is 68.5 Å². The Hall–Kier alpha value is -0.170. The van der Waals surface area contributed by atoms with E-state index in [2.05, 4.69) is 5.32 Å². The van der Waals surface area contributed by atoms with E-state index in [1.807, 2.05) is 14.1 Å². The Balaban J connectivity index is -0.000000140. The highest BCUT2D eigenvalue weighted by molar-refractivity contribution is 7.85. The van der Waals surface area contributed by atoms with Gasteiger partial charge >= 0.3 is 0 Å². The molecule has 0 aliphatic carbocycles. The van der Waals surface area contributed by atoms with Crippen LogP contribution in [0.15, 0.2) is 0 Å². The molecule has 0 aromatic heterocycles. The molecule has 0 heterocycles. The van der Waals surface area contributed by atoms with Crippen molar-refractivity contribution in [3.8, 4) is 0 Å². The molecular weight excluding hydrogens is 168 g/mol. The summed E-state index contributed by atoms with van der Waals surface area (Å²) < 4.78 is 27.6. The molecule has 5 N–H and O–H groups in total. The lowest BCUT2D eigenvalue weighted by Crippen LogP contribution is -2.01. The van der Waals surface area contributed by atoms with Crippen molar-refractivity contribution < 1.29 is 13.0 Å². The van der Waals surface area contributed by atoms with E-state index in [1.165, 1.54) is 0 Å². The molecule has 0 atom stereocenters. The number of hydrogen-bond donors (Lipinski definition) is 3. The molecule has 0 aromatic carbocycles. The minimum absolute atomic E-state index is 0. The molecule has 0 unspecified atom stereocenters. The predicted octanol–water partition coefficient (Wildman–Crippen LogP) is 0.282. The van der Waals surface area contributed by atoms with Crippen molar-refractivity contribution in [1.82, 2.24) is 11.5 Å². The molecule has 72 valence electrons. The number of nitrogens with one attached hydrogen (secondary N) is 1. The fraction of sp³-hybridized carbons (Fsp3) is 1.00. The highest BCUT2D eigenvalue weighted by Crippen LogP contribution is 1.83. The van der Waals surface area contributed by atoms with E-state index in [9.17, 15) is 8.42 Å². The predicted molar refractivity (Wildman–Crippen MR) is 46.7 cm³/mol. The number of hydrogen-bond acceptors (Lipinski definition) is 4. The van der Waals surface area contributed by atoms with Gasteiger partial charge in [-0.05, 0) is 20.5 Å². The highest BCUT2D eigenvalue weighted by atomic mass is 32.2. The summed E-state index contributed by atoms with van der Waals surface area (Å²) in [6.45, 7) is 1.69. The molecule has 0 saturated heterocycles. The standard InChI is InChI=1S/C3H8O3S.C2H7N.H3N/c1-2-3-7(4,5)6;1-3-2;/h2-3H2,1H3,(H,4,5,6);3H,1-2H3;1H3. The van der Waals surface area contributed by atoms with Crippen molar-refractivity contribution in [2.75, 3.05) is 19.8 Å². The Morgan fingerprint density at radius 1 is 1.36 bits per heavy atom. The third kappa shape index (κ3) is 41.1. The van der Waals surface area contributed by atoms with E-state index >= 15 is 0 Å². The summed E-state index contributed by atoms with van der Waals surface area (Å²) >= 11 is 0. The van der Waals surface area contributed by atoms with E-state index in [4.69, 9.17) is 4.55 Å². The first kappa shape index (κ1) is 17.1. The minimum atomic E-state index is -3.67. The number of rotatable bonds is 2. The van der Waals surface area contributed by atoms with Crippen LogP contribution in [0, 0.1) is 0 Å². The van der Waals surface area contributed by atoms with Crippen LogP contribution < -0.4 is 11.5 Å². The van der Waals surface area contributed by atoms with Crippen LogP contribution in [0.1, 0.15) is 13.3 Å². The van der Waals surface area contributed by atoms with Gasteiger partial charge in [0.15, 0.2) is 0 Å². The molecule has 0 radical (unpaired) electrons. The summed E-state index contributed by atoms with van der Waals surface area (Å²) in [5, 5.41) is 2.75. The second kappa shape index (κ2) is 9.83. The maximum Gasteiger partial charge on any atom is 0.264 e. The molecule has 0 aromatic rings. The lowest BCUT2D eigenvalue weighted by Gasteiger charge is -1.85. The zero-order chi connectivity index (χ0) is 8.62. The Morgan fingerprint density at radius 3 is 1.64 bits per heavy atom. The fourth-order valence-corrected chi connectivity index (χ4v) is 0.774. The van der Waals surface area contributed by atoms with Crippen molar-refractivity contribution in [2.24, 2.45) is 0 Å². The topological polar surface area (TPSA) is 101 Å². The first-order valence-electron chi connectivity index (χ1n) is 3.01. The molecule has 6 heteroatoms. The van der Waals surface area contributed by atoms with Crippen molar-refractivity contribution in [3.05, 3.63) is 0 Å². The molecule has 0 saturated carbocycles. The summed E-state index contributed by atoms with van der Waals surface area (Å²) in [5.74, 6) is -0.132. The average Bonchev–Trinajstić information content (AvgIpc) is 1.63. The summed E-state index contributed by atoms with van der Waals surface area (Å²) in [5.41, 5.74) is 0. The lowest BCUT2D eigenvalue weighted by molar-refractivity contribution is 0.482. The van der Waals surface area contributed by atoms with Gasteiger partial charge < -0.3 is 11.5 Å². The molecule has 0 fully saturated rings. The molecule has 0 bridgehead atoms. The first-order valence-corrected chi connectivity index (χ1v) is 4.62. The molecular formula is C5H18N2O3S. The van der Waals surface area contributed by atoms with Crippen LogP contribution in [0.3, 0.4) is 0 Å². The van der Waals surface area contributed by atoms with Gasteiger partial charge in [-0.3, -0.25) is 4.55 Å². The smallest absolute Gasteiger partial charge is 0.264 e. The zero-order valence-electron chi connectivity index (χ0n) is 7.29.